The molecule has 0 heterocycles. The molecule has 11 heteroatoms. The lowest BCUT2D eigenvalue weighted by Crippen LogP contribution is -2.29. The third-order valence-electron chi connectivity index (χ3n) is 6.49. The van der Waals surface area contributed by atoms with Crippen LogP contribution in [0.4, 0.5) is 4.79 Å². The SMILES string of the molecule is CC(C)(C)OC(=O)CCOCCOCCOCCOCCOCCOCCNC(=O)OCC1[C@H]2CCC#CCC[C@@H]12. The van der Waals surface area contributed by atoms with Gasteiger partial charge in [0, 0.05) is 19.4 Å². The Bertz CT molecular complexity index is 757. The molecule has 0 bridgehead atoms. The maximum atomic E-state index is 11.9. The topological polar surface area (TPSA) is 120 Å². The molecule has 1 saturated carbocycles. The monoisotopic (exact) mass is 585 g/mol. The van der Waals surface area contributed by atoms with Crippen molar-refractivity contribution in [3.8, 4) is 11.8 Å². The number of hydrogen-bond donors (Lipinski definition) is 1. The molecule has 1 fully saturated rings. The van der Waals surface area contributed by atoms with Crippen molar-refractivity contribution in [1.29, 1.82) is 0 Å². The number of hydrogen-bond acceptors (Lipinski definition) is 10. The lowest BCUT2D eigenvalue weighted by Gasteiger charge is -2.19. The van der Waals surface area contributed by atoms with Crippen molar-refractivity contribution >= 4 is 12.1 Å². The van der Waals surface area contributed by atoms with Gasteiger partial charge >= 0.3 is 12.1 Å². The van der Waals surface area contributed by atoms with E-state index in [1.54, 1.807) is 0 Å². The van der Waals surface area contributed by atoms with Gasteiger partial charge < -0.3 is 43.2 Å². The van der Waals surface area contributed by atoms with Crippen LogP contribution >= 0.6 is 0 Å². The number of nitrogens with one attached hydrogen (secondary N) is 1. The highest BCUT2D eigenvalue weighted by Crippen LogP contribution is 2.52. The summed E-state index contributed by atoms with van der Waals surface area (Å²) < 4.78 is 43.2. The van der Waals surface area contributed by atoms with E-state index in [-0.39, 0.29) is 18.5 Å². The Kier molecular flexibility index (Phi) is 18.7. The molecule has 0 aromatic rings. The summed E-state index contributed by atoms with van der Waals surface area (Å²) in [6.07, 6.45) is 4.02. The summed E-state index contributed by atoms with van der Waals surface area (Å²) in [6, 6.07) is 0. The summed E-state index contributed by atoms with van der Waals surface area (Å²) in [4.78, 5) is 23.4. The van der Waals surface area contributed by atoms with Gasteiger partial charge in [0.05, 0.1) is 92.3 Å². The Morgan fingerprint density at radius 3 is 1.59 bits per heavy atom. The highest BCUT2D eigenvalue weighted by Gasteiger charge is 2.49. The van der Waals surface area contributed by atoms with E-state index in [4.69, 9.17) is 37.9 Å². The zero-order valence-corrected chi connectivity index (χ0v) is 25.2. The molecule has 11 nitrogen and oxygen atoms in total. The molecule has 41 heavy (non-hydrogen) atoms. The van der Waals surface area contributed by atoms with Gasteiger partial charge in [-0.2, -0.15) is 0 Å². The highest BCUT2D eigenvalue weighted by molar-refractivity contribution is 5.69. The molecule has 0 aromatic carbocycles. The number of carbonyl (C=O) groups excluding carboxylic acids is 2. The average molecular weight is 586 g/mol. The molecule has 2 aliphatic rings. The van der Waals surface area contributed by atoms with Crippen LogP contribution < -0.4 is 5.32 Å². The molecule has 0 radical (unpaired) electrons. The van der Waals surface area contributed by atoms with Gasteiger partial charge in [-0.05, 0) is 51.4 Å². The summed E-state index contributed by atoms with van der Waals surface area (Å²) in [7, 11) is 0. The predicted octanol–water partition coefficient (Wildman–Crippen LogP) is 2.98. The maximum Gasteiger partial charge on any atom is 0.407 e. The van der Waals surface area contributed by atoms with Crippen LogP contribution in [-0.2, 0) is 42.7 Å². The van der Waals surface area contributed by atoms with Crippen molar-refractivity contribution < 1.29 is 47.5 Å². The van der Waals surface area contributed by atoms with Crippen molar-refractivity contribution in [1.82, 2.24) is 5.32 Å². The first-order valence-electron chi connectivity index (χ1n) is 14.9. The van der Waals surface area contributed by atoms with E-state index in [1.807, 2.05) is 20.8 Å². The van der Waals surface area contributed by atoms with Crippen LogP contribution in [0.15, 0.2) is 0 Å². The smallest absolute Gasteiger partial charge is 0.407 e. The second-order valence-corrected chi connectivity index (χ2v) is 11.0. The first kappa shape index (κ1) is 35.3. The molecule has 2 aliphatic carbocycles. The number of rotatable bonds is 23. The van der Waals surface area contributed by atoms with E-state index < -0.39 is 5.60 Å². The van der Waals surface area contributed by atoms with Crippen LogP contribution in [0.2, 0.25) is 0 Å². The number of amides is 1. The Morgan fingerprint density at radius 2 is 1.12 bits per heavy atom. The molecule has 3 atom stereocenters. The lowest BCUT2D eigenvalue weighted by atomic mass is 10.1. The van der Waals surface area contributed by atoms with Gasteiger partial charge in [0.15, 0.2) is 0 Å². The lowest BCUT2D eigenvalue weighted by molar-refractivity contribution is -0.156. The minimum atomic E-state index is -0.474. The molecule has 236 valence electrons. The fourth-order valence-corrected chi connectivity index (χ4v) is 4.48. The van der Waals surface area contributed by atoms with E-state index in [0.717, 1.165) is 25.7 Å². The predicted molar refractivity (Wildman–Crippen MR) is 151 cm³/mol. The van der Waals surface area contributed by atoms with Gasteiger partial charge in [0.2, 0.25) is 0 Å². The quantitative estimate of drug-likeness (QED) is 0.109. The molecule has 1 unspecified atom stereocenters. The zero-order valence-electron chi connectivity index (χ0n) is 25.2. The first-order chi connectivity index (χ1) is 19.9. The molecule has 0 aromatic heterocycles. The Balaban J connectivity index is 1.22. The van der Waals surface area contributed by atoms with Gasteiger partial charge in [-0.3, -0.25) is 4.79 Å². The number of ether oxygens (including phenoxy) is 8. The second kappa shape index (κ2) is 21.7. The normalized spacial score (nSPS) is 19.7. The average Bonchev–Trinajstić information content (AvgIpc) is 3.55. The summed E-state index contributed by atoms with van der Waals surface area (Å²) in [6.45, 7) is 11.7. The molecule has 0 aliphatic heterocycles. The molecule has 1 N–H and O–H groups in total. The van der Waals surface area contributed by atoms with Crippen molar-refractivity contribution in [2.75, 3.05) is 92.4 Å². The largest absolute Gasteiger partial charge is 0.460 e. The number of esters is 1. The number of fused-ring (bicyclic) bond motifs is 1. The van der Waals surface area contributed by atoms with E-state index in [2.05, 4.69) is 17.2 Å². The summed E-state index contributed by atoms with van der Waals surface area (Å²) in [5.41, 5.74) is -0.474. The molecular weight excluding hydrogens is 534 g/mol. The Labute approximate surface area is 245 Å². The Morgan fingerprint density at radius 1 is 0.683 bits per heavy atom. The van der Waals surface area contributed by atoms with Gasteiger partial charge in [-0.15, -0.1) is 11.8 Å². The zero-order chi connectivity index (χ0) is 29.6. The number of carbonyl (C=O) groups is 2. The first-order valence-corrected chi connectivity index (χ1v) is 14.9. The van der Waals surface area contributed by atoms with Gasteiger partial charge in [-0.1, -0.05) is 0 Å². The van der Waals surface area contributed by atoms with E-state index >= 15 is 0 Å². The van der Waals surface area contributed by atoms with Crippen molar-refractivity contribution in [3.63, 3.8) is 0 Å². The van der Waals surface area contributed by atoms with Crippen LogP contribution in [0, 0.1) is 29.6 Å². The standard InChI is InChI=1S/C30H51NO10/c1-30(2,3)41-28(32)10-12-34-14-16-36-18-20-38-22-23-39-21-19-37-17-15-35-13-11-31-29(33)40-24-27-25-8-6-4-5-7-9-26(25)27/h25-27H,6-24H2,1-3H3,(H,31,33)/t25-,26+,27?. The summed E-state index contributed by atoms with van der Waals surface area (Å²) in [5.74, 6) is 7.97. The minimum Gasteiger partial charge on any atom is -0.460 e. The fraction of sp³-hybridized carbons (Fsp3) is 0.867. The van der Waals surface area contributed by atoms with E-state index in [1.165, 1.54) is 0 Å². The molecule has 2 rings (SSSR count). The van der Waals surface area contributed by atoms with Crippen LogP contribution in [0.1, 0.15) is 52.9 Å². The van der Waals surface area contributed by atoms with Crippen LogP contribution in [0.3, 0.4) is 0 Å². The molecular formula is C30H51NO10. The second-order valence-electron chi connectivity index (χ2n) is 11.0. The molecule has 0 spiro atoms. The summed E-state index contributed by atoms with van der Waals surface area (Å²) >= 11 is 0. The maximum absolute atomic E-state index is 11.9. The van der Waals surface area contributed by atoms with Crippen LogP contribution in [-0.4, -0.2) is 110 Å². The Hall–Kier alpha value is -1.94. The third-order valence-corrected chi connectivity index (χ3v) is 6.49. The molecule has 1 amide bonds. The third kappa shape index (κ3) is 19.0. The van der Waals surface area contributed by atoms with E-state index in [9.17, 15) is 9.59 Å². The minimum absolute atomic E-state index is 0.231. The summed E-state index contributed by atoms with van der Waals surface area (Å²) in [5, 5.41) is 2.73. The fourth-order valence-electron chi connectivity index (χ4n) is 4.48. The van der Waals surface area contributed by atoms with Crippen molar-refractivity contribution in [2.45, 2.75) is 58.5 Å². The molecule has 0 saturated heterocycles. The van der Waals surface area contributed by atoms with Crippen molar-refractivity contribution in [2.24, 2.45) is 17.8 Å². The van der Waals surface area contributed by atoms with E-state index in [0.29, 0.717) is 110 Å². The van der Waals surface area contributed by atoms with Gasteiger partial charge in [-0.25, -0.2) is 4.79 Å². The van der Waals surface area contributed by atoms with Crippen LogP contribution in [0.5, 0.6) is 0 Å². The van der Waals surface area contributed by atoms with Crippen LogP contribution in [0.25, 0.3) is 0 Å². The van der Waals surface area contributed by atoms with Gasteiger partial charge in [0.25, 0.3) is 0 Å². The van der Waals surface area contributed by atoms with Gasteiger partial charge in [0.1, 0.15) is 5.60 Å². The number of alkyl carbamates (subject to hydrolysis) is 1. The van der Waals surface area contributed by atoms with Crippen molar-refractivity contribution in [3.05, 3.63) is 0 Å². The highest BCUT2D eigenvalue weighted by atomic mass is 16.6.